The molecular weight excluding hydrogens is 226 g/mol. The molecule has 1 atom stereocenters. The number of carboxylic acid groups (broad SMARTS) is 1. The van der Waals surface area contributed by atoms with E-state index in [0.717, 1.165) is 5.69 Å². The molecule has 1 rings (SSSR count). The minimum Gasteiger partial charge on any atom is -0.481 e. The molecule has 7 heteroatoms. The summed E-state index contributed by atoms with van der Waals surface area (Å²) < 4.78 is 0. The van der Waals surface area contributed by atoms with E-state index in [-0.39, 0.29) is 12.2 Å². The van der Waals surface area contributed by atoms with E-state index in [1.807, 2.05) is 0 Å². The van der Waals surface area contributed by atoms with Crippen molar-refractivity contribution < 1.29 is 19.8 Å². The molecule has 0 aliphatic carbocycles. The van der Waals surface area contributed by atoms with Gasteiger partial charge in [-0.3, -0.25) is 14.7 Å². The molecule has 0 aromatic carbocycles. The summed E-state index contributed by atoms with van der Waals surface area (Å²) in [5, 5.41) is 27.0. The Kier molecular flexibility index (Phi) is 3.84. The van der Waals surface area contributed by atoms with Crippen LogP contribution >= 0.6 is 0 Å². The van der Waals surface area contributed by atoms with Crippen molar-refractivity contribution >= 4 is 11.9 Å². The fourth-order valence-corrected chi connectivity index (χ4v) is 1.28. The molecule has 0 aliphatic rings. The largest absolute Gasteiger partial charge is 0.481 e. The van der Waals surface area contributed by atoms with E-state index in [1.165, 1.54) is 6.92 Å². The molecule has 1 heterocycles. The predicted molar refractivity (Wildman–Crippen MR) is 58.5 cm³/mol. The number of aromatic nitrogens is 2. The zero-order chi connectivity index (χ0) is 13.1. The van der Waals surface area contributed by atoms with Gasteiger partial charge in [0.15, 0.2) is 0 Å². The van der Waals surface area contributed by atoms with Gasteiger partial charge in [0.2, 0.25) is 0 Å². The SMILES string of the molecule is Cc1cc(C(=O)NCC(C)(O)CC(=O)O)n[nH]1. The maximum absolute atomic E-state index is 11.5. The van der Waals surface area contributed by atoms with Crippen LogP contribution in [0.25, 0.3) is 0 Å². The Hall–Kier alpha value is -1.89. The van der Waals surface area contributed by atoms with Crippen molar-refractivity contribution in [2.24, 2.45) is 0 Å². The van der Waals surface area contributed by atoms with E-state index in [0.29, 0.717) is 0 Å². The summed E-state index contributed by atoms with van der Waals surface area (Å²) in [6.07, 6.45) is -0.438. The summed E-state index contributed by atoms with van der Waals surface area (Å²) in [5.74, 6) is -1.58. The van der Waals surface area contributed by atoms with Crippen LogP contribution in [0.4, 0.5) is 0 Å². The minimum absolute atomic E-state index is 0.149. The third kappa shape index (κ3) is 4.23. The average Bonchev–Trinajstić information content (AvgIpc) is 2.59. The molecule has 4 N–H and O–H groups in total. The lowest BCUT2D eigenvalue weighted by Crippen LogP contribution is -2.42. The highest BCUT2D eigenvalue weighted by atomic mass is 16.4. The van der Waals surface area contributed by atoms with Crippen LogP contribution in [-0.2, 0) is 4.79 Å². The molecule has 0 aliphatic heterocycles. The molecule has 0 fully saturated rings. The molecule has 0 radical (unpaired) electrons. The molecular formula is C10H15N3O4. The molecule has 1 aromatic rings. The maximum Gasteiger partial charge on any atom is 0.306 e. The van der Waals surface area contributed by atoms with Crippen molar-refractivity contribution in [1.82, 2.24) is 15.5 Å². The Morgan fingerprint density at radius 3 is 2.71 bits per heavy atom. The molecule has 1 unspecified atom stereocenters. The van der Waals surface area contributed by atoms with Gasteiger partial charge in [-0.15, -0.1) is 0 Å². The van der Waals surface area contributed by atoms with Gasteiger partial charge in [-0.1, -0.05) is 0 Å². The fourth-order valence-electron chi connectivity index (χ4n) is 1.28. The van der Waals surface area contributed by atoms with Crippen molar-refractivity contribution in [2.75, 3.05) is 6.54 Å². The van der Waals surface area contributed by atoms with Crippen LogP contribution in [0.5, 0.6) is 0 Å². The van der Waals surface area contributed by atoms with E-state index in [9.17, 15) is 14.7 Å². The first-order valence-electron chi connectivity index (χ1n) is 5.04. The number of carboxylic acids is 1. The predicted octanol–water partition coefficient (Wildman–Crippen LogP) is -0.326. The third-order valence-corrected chi connectivity index (χ3v) is 2.10. The number of nitrogens with one attached hydrogen (secondary N) is 2. The van der Waals surface area contributed by atoms with E-state index in [4.69, 9.17) is 5.11 Å². The van der Waals surface area contributed by atoms with Gasteiger partial charge in [0.05, 0.1) is 12.0 Å². The maximum atomic E-state index is 11.5. The number of amides is 1. The number of H-pyrrole nitrogens is 1. The van der Waals surface area contributed by atoms with Crippen molar-refractivity contribution in [3.05, 3.63) is 17.5 Å². The van der Waals surface area contributed by atoms with Crippen LogP contribution in [0.1, 0.15) is 29.5 Å². The van der Waals surface area contributed by atoms with Crippen LogP contribution in [-0.4, -0.2) is 44.4 Å². The van der Waals surface area contributed by atoms with E-state index in [1.54, 1.807) is 13.0 Å². The average molecular weight is 241 g/mol. The summed E-state index contributed by atoms with van der Waals surface area (Å²) >= 11 is 0. The van der Waals surface area contributed by atoms with Gasteiger partial charge in [-0.25, -0.2) is 0 Å². The second-order valence-corrected chi connectivity index (χ2v) is 4.19. The van der Waals surface area contributed by atoms with Gasteiger partial charge in [0.25, 0.3) is 5.91 Å². The highest BCUT2D eigenvalue weighted by molar-refractivity contribution is 5.92. The zero-order valence-corrected chi connectivity index (χ0v) is 9.65. The van der Waals surface area contributed by atoms with Gasteiger partial charge in [0.1, 0.15) is 5.69 Å². The minimum atomic E-state index is -1.48. The Morgan fingerprint density at radius 2 is 2.24 bits per heavy atom. The Labute approximate surface area is 97.8 Å². The third-order valence-electron chi connectivity index (χ3n) is 2.10. The molecule has 0 saturated heterocycles. The van der Waals surface area contributed by atoms with Gasteiger partial charge in [0, 0.05) is 12.2 Å². The van der Waals surface area contributed by atoms with Crippen molar-refractivity contribution in [3.8, 4) is 0 Å². The number of hydrogen-bond donors (Lipinski definition) is 4. The number of rotatable bonds is 5. The lowest BCUT2D eigenvalue weighted by atomic mass is 10.0. The highest BCUT2D eigenvalue weighted by Gasteiger charge is 2.25. The number of aromatic amines is 1. The van der Waals surface area contributed by atoms with Gasteiger partial charge < -0.3 is 15.5 Å². The first-order chi connectivity index (χ1) is 7.80. The van der Waals surface area contributed by atoms with Gasteiger partial charge in [-0.2, -0.15) is 5.10 Å². The fraction of sp³-hybridized carbons (Fsp3) is 0.500. The molecule has 7 nitrogen and oxygen atoms in total. The zero-order valence-electron chi connectivity index (χ0n) is 9.65. The molecule has 94 valence electrons. The Balaban J connectivity index is 2.51. The molecule has 0 spiro atoms. The Morgan fingerprint density at radius 1 is 1.59 bits per heavy atom. The number of carbonyl (C=O) groups excluding carboxylic acids is 1. The molecule has 0 saturated carbocycles. The summed E-state index contributed by atoms with van der Waals surface area (Å²) in [6, 6.07) is 1.56. The summed E-state index contributed by atoms with van der Waals surface area (Å²) in [5.41, 5.74) is -0.534. The van der Waals surface area contributed by atoms with Crippen LogP contribution in [0.3, 0.4) is 0 Å². The standard InChI is InChI=1S/C10H15N3O4/c1-6-3-7(13-12-6)9(16)11-5-10(2,17)4-8(14)15/h3,17H,4-5H2,1-2H3,(H,11,16)(H,12,13)(H,14,15). The van der Waals surface area contributed by atoms with Crippen LogP contribution in [0.15, 0.2) is 6.07 Å². The number of aryl methyl sites for hydroxylation is 1. The normalized spacial score (nSPS) is 14.1. The monoisotopic (exact) mass is 241 g/mol. The lowest BCUT2D eigenvalue weighted by Gasteiger charge is -2.20. The first-order valence-corrected chi connectivity index (χ1v) is 5.04. The van der Waals surface area contributed by atoms with Crippen LogP contribution in [0.2, 0.25) is 0 Å². The van der Waals surface area contributed by atoms with Gasteiger partial charge >= 0.3 is 5.97 Å². The molecule has 1 amide bonds. The smallest absolute Gasteiger partial charge is 0.306 e. The van der Waals surface area contributed by atoms with Crippen LogP contribution < -0.4 is 5.32 Å². The van der Waals surface area contributed by atoms with Crippen molar-refractivity contribution in [2.45, 2.75) is 25.9 Å². The summed E-state index contributed by atoms with van der Waals surface area (Å²) in [4.78, 5) is 22.0. The lowest BCUT2D eigenvalue weighted by molar-refractivity contribution is -0.141. The van der Waals surface area contributed by atoms with E-state index >= 15 is 0 Å². The molecule has 0 bridgehead atoms. The highest BCUT2D eigenvalue weighted by Crippen LogP contribution is 2.08. The molecule has 1 aromatic heterocycles. The number of hydrogen-bond acceptors (Lipinski definition) is 4. The first kappa shape index (κ1) is 13.2. The van der Waals surface area contributed by atoms with E-state index in [2.05, 4.69) is 15.5 Å². The number of aliphatic carboxylic acids is 1. The summed E-state index contributed by atoms with van der Waals surface area (Å²) in [6.45, 7) is 2.95. The summed E-state index contributed by atoms with van der Waals surface area (Å²) in [7, 11) is 0. The van der Waals surface area contributed by atoms with Gasteiger partial charge in [-0.05, 0) is 19.9 Å². The topological polar surface area (TPSA) is 115 Å². The van der Waals surface area contributed by atoms with Crippen molar-refractivity contribution in [1.29, 1.82) is 0 Å². The second-order valence-electron chi connectivity index (χ2n) is 4.19. The Bertz CT molecular complexity index is 425. The quantitative estimate of drug-likeness (QED) is 0.563. The number of carbonyl (C=O) groups is 2. The number of aliphatic hydroxyl groups is 1. The number of nitrogens with zero attached hydrogens (tertiary/aromatic N) is 1. The van der Waals surface area contributed by atoms with E-state index < -0.39 is 23.9 Å². The van der Waals surface area contributed by atoms with Crippen LogP contribution in [0, 0.1) is 6.92 Å². The second kappa shape index (κ2) is 4.96. The van der Waals surface area contributed by atoms with Crippen molar-refractivity contribution in [3.63, 3.8) is 0 Å². The molecule has 17 heavy (non-hydrogen) atoms.